The second kappa shape index (κ2) is 4.18. The molecule has 1 aliphatic carbocycles. The molecule has 2 aliphatic rings. The van der Waals surface area contributed by atoms with Crippen LogP contribution < -0.4 is 0 Å². The van der Waals surface area contributed by atoms with Gasteiger partial charge in [-0.2, -0.15) is 0 Å². The van der Waals surface area contributed by atoms with Gasteiger partial charge in [-0.15, -0.1) is 6.58 Å². The molecule has 4 heteroatoms. The average Bonchev–Trinajstić information content (AvgIpc) is 2.71. The number of allylic oxidation sites excluding steroid dienone is 1. The largest absolute Gasteiger partial charge is 0.481 e. The fourth-order valence-corrected chi connectivity index (χ4v) is 2.95. The monoisotopic (exact) mass is 226 g/mol. The maximum absolute atomic E-state index is 11.6. The molecule has 0 bridgehead atoms. The molecule has 0 radical (unpaired) electrons. The molecule has 1 spiro atoms. The summed E-state index contributed by atoms with van der Waals surface area (Å²) in [5, 5.41) is 9.54. The first kappa shape index (κ1) is 11.6. The molecule has 1 aliphatic heterocycles. The molecule has 1 N–H and O–H groups in total. The highest BCUT2D eigenvalue weighted by Gasteiger charge is 2.61. The molecule has 1 atom stereocenters. The molecule has 0 unspecified atom stereocenters. The summed E-state index contributed by atoms with van der Waals surface area (Å²) in [7, 11) is 0. The zero-order chi connectivity index (χ0) is 11.6. The molecule has 0 aromatic heterocycles. The Balaban J connectivity index is 2.37. The number of carboxylic acid groups (broad SMARTS) is 1. The van der Waals surface area contributed by atoms with Gasteiger partial charge in [-0.05, 0) is 19.3 Å². The normalized spacial score (nSPS) is 32.8. The topological polar surface area (TPSA) is 55.8 Å². The lowest BCUT2D eigenvalue weighted by molar-refractivity contribution is -0.256. The fraction of sp³-hybridized carbons (Fsp3) is 0.750. The van der Waals surface area contributed by atoms with E-state index in [1.165, 1.54) is 0 Å². The van der Waals surface area contributed by atoms with Gasteiger partial charge >= 0.3 is 5.97 Å². The minimum Gasteiger partial charge on any atom is -0.481 e. The minimum absolute atomic E-state index is 0.405. The molecule has 1 saturated carbocycles. The van der Waals surface area contributed by atoms with Gasteiger partial charge in [0.15, 0.2) is 5.79 Å². The summed E-state index contributed by atoms with van der Waals surface area (Å²) in [6, 6.07) is 0. The van der Waals surface area contributed by atoms with Gasteiger partial charge in [0.05, 0.1) is 13.2 Å². The predicted molar refractivity (Wildman–Crippen MR) is 58.0 cm³/mol. The van der Waals surface area contributed by atoms with E-state index in [-0.39, 0.29) is 0 Å². The molecule has 0 aromatic rings. The second-order valence-electron chi connectivity index (χ2n) is 4.54. The van der Waals surface area contributed by atoms with E-state index >= 15 is 0 Å². The van der Waals surface area contributed by atoms with Crippen molar-refractivity contribution >= 4 is 5.97 Å². The Kier molecular flexibility index (Phi) is 3.04. The van der Waals surface area contributed by atoms with Gasteiger partial charge in [-0.3, -0.25) is 4.79 Å². The maximum atomic E-state index is 11.6. The molecule has 90 valence electrons. The third-order valence-electron chi connectivity index (χ3n) is 3.74. The second-order valence-corrected chi connectivity index (χ2v) is 4.54. The van der Waals surface area contributed by atoms with E-state index in [0.29, 0.717) is 32.5 Å². The van der Waals surface area contributed by atoms with Crippen molar-refractivity contribution in [1.29, 1.82) is 0 Å². The van der Waals surface area contributed by atoms with Gasteiger partial charge in [-0.25, -0.2) is 0 Å². The Bertz CT molecular complexity index is 293. The van der Waals surface area contributed by atoms with Crippen molar-refractivity contribution in [3.05, 3.63) is 12.7 Å². The summed E-state index contributed by atoms with van der Waals surface area (Å²) < 4.78 is 11.3. The molecule has 1 heterocycles. The van der Waals surface area contributed by atoms with Crippen LogP contribution in [-0.4, -0.2) is 30.1 Å². The highest BCUT2D eigenvalue weighted by molar-refractivity contribution is 5.76. The van der Waals surface area contributed by atoms with Crippen LogP contribution >= 0.6 is 0 Å². The van der Waals surface area contributed by atoms with Crippen molar-refractivity contribution in [2.75, 3.05) is 13.2 Å². The Hall–Kier alpha value is -0.870. The zero-order valence-electron chi connectivity index (χ0n) is 9.41. The zero-order valence-corrected chi connectivity index (χ0v) is 9.41. The van der Waals surface area contributed by atoms with E-state index in [2.05, 4.69) is 6.58 Å². The Labute approximate surface area is 95.2 Å². The first-order chi connectivity index (χ1) is 7.67. The molecule has 0 aromatic carbocycles. The molecule has 4 nitrogen and oxygen atoms in total. The number of hydrogen-bond acceptors (Lipinski definition) is 3. The van der Waals surface area contributed by atoms with Crippen LogP contribution in [0.3, 0.4) is 0 Å². The highest BCUT2D eigenvalue weighted by Crippen LogP contribution is 2.51. The molecule has 2 rings (SSSR count). The Morgan fingerprint density at radius 1 is 1.31 bits per heavy atom. The molecule has 2 fully saturated rings. The number of carboxylic acids is 1. The van der Waals surface area contributed by atoms with Gasteiger partial charge in [0.2, 0.25) is 0 Å². The van der Waals surface area contributed by atoms with E-state index in [1.807, 2.05) is 0 Å². The van der Waals surface area contributed by atoms with Crippen LogP contribution in [0.15, 0.2) is 12.7 Å². The fourth-order valence-electron chi connectivity index (χ4n) is 2.95. The molecule has 0 amide bonds. The molecule has 16 heavy (non-hydrogen) atoms. The van der Waals surface area contributed by atoms with E-state index in [4.69, 9.17) is 9.47 Å². The van der Waals surface area contributed by atoms with Gasteiger partial charge in [0.25, 0.3) is 0 Å². The molecule has 1 saturated heterocycles. The first-order valence-electron chi connectivity index (χ1n) is 5.79. The predicted octanol–water partition coefficient (Wildman–Crippen LogP) is 1.95. The van der Waals surface area contributed by atoms with Crippen LogP contribution in [0, 0.1) is 5.41 Å². The summed E-state index contributed by atoms with van der Waals surface area (Å²) in [5.74, 6) is -1.74. The van der Waals surface area contributed by atoms with Crippen LogP contribution in [0.5, 0.6) is 0 Å². The quantitative estimate of drug-likeness (QED) is 0.747. The van der Waals surface area contributed by atoms with Crippen molar-refractivity contribution < 1.29 is 19.4 Å². The van der Waals surface area contributed by atoms with Gasteiger partial charge in [0, 0.05) is 6.42 Å². The van der Waals surface area contributed by atoms with Crippen molar-refractivity contribution in [2.24, 2.45) is 5.41 Å². The average molecular weight is 226 g/mol. The Morgan fingerprint density at radius 2 is 1.94 bits per heavy atom. The number of hydrogen-bond donors (Lipinski definition) is 1. The van der Waals surface area contributed by atoms with Gasteiger partial charge < -0.3 is 14.6 Å². The lowest BCUT2D eigenvalue weighted by Gasteiger charge is -2.46. The Morgan fingerprint density at radius 3 is 2.50 bits per heavy atom. The minimum atomic E-state index is -0.941. The van der Waals surface area contributed by atoms with E-state index in [0.717, 1.165) is 12.8 Å². The number of carbonyl (C=O) groups is 1. The number of rotatable bonds is 3. The lowest BCUT2D eigenvalue weighted by Crippen LogP contribution is -2.56. The van der Waals surface area contributed by atoms with Crippen LogP contribution in [0.4, 0.5) is 0 Å². The lowest BCUT2D eigenvalue weighted by atomic mass is 9.67. The molecular formula is C12H18O4. The number of aliphatic carboxylic acids is 1. The van der Waals surface area contributed by atoms with Crippen LogP contribution in [0.1, 0.15) is 32.1 Å². The number of ether oxygens (including phenoxy) is 2. The highest BCUT2D eigenvalue weighted by atomic mass is 16.7. The van der Waals surface area contributed by atoms with Gasteiger partial charge in [-0.1, -0.05) is 12.5 Å². The third-order valence-corrected chi connectivity index (χ3v) is 3.74. The van der Waals surface area contributed by atoms with Crippen LogP contribution in [-0.2, 0) is 14.3 Å². The van der Waals surface area contributed by atoms with Crippen LogP contribution in [0.25, 0.3) is 0 Å². The SMILES string of the molecule is C=CC[C@]1(C(=O)O)CCCCC12OCCO2. The summed E-state index contributed by atoms with van der Waals surface area (Å²) in [4.78, 5) is 11.6. The van der Waals surface area contributed by atoms with Crippen molar-refractivity contribution in [3.63, 3.8) is 0 Å². The van der Waals surface area contributed by atoms with Crippen molar-refractivity contribution in [1.82, 2.24) is 0 Å². The molecular weight excluding hydrogens is 208 g/mol. The summed E-state index contributed by atoms with van der Waals surface area (Å²) in [6.07, 6.45) is 5.22. The summed E-state index contributed by atoms with van der Waals surface area (Å²) in [6.45, 7) is 4.65. The van der Waals surface area contributed by atoms with E-state index < -0.39 is 17.2 Å². The van der Waals surface area contributed by atoms with E-state index in [9.17, 15) is 9.90 Å². The van der Waals surface area contributed by atoms with E-state index in [1.54, 1.807) is 6.08 Å². The first-order valence-corrected chi connectivity index (χ1v) is 5.79. The van der Waals surface area contributed by atoms with Crippen molar-refractivity contribution in [3.8, 4) is 0 Å². The summed E-state index contributed by atoms with van der Waals surface area (Å²) in [5.41, 5.74) is -0.941. The maximum Gasteiger partial charge on any atom is 0.315 e. The third kappa shape index (κ3) is 1.48. The standard InChI is InChI=1S/C12H18O4/c1-2-5-11(10(13)14)6-3-4-7-12(11)15-8-9-16-12/h2H,1,3-9H2,(H,13,14)/t11-/m1/s1. The van der Waals surface area contributed by atoms with Crippen LogP contribution in [0.2, 0.25) is 0 Å². The summed E-state index contributed by atoms with van der Waals surface area (Å²) >= 11 is 0. The van der Waals surface area contributed by atoms with Crippen molar-refractivity contribution in [2.45, 2.75) is 37.9 Å². The smallest absolute Gasteiger partial charge is 0.315 e. The van der Waals surface area contributed by atoms with Gasteiger partial charge in [0.1, 0.15) is 5.41 Å².